The Labute approximate surface area is 91.5 Å². The maximum atomic E-state index is 11.7. The number of nitrogens with one attached hydrogen (secondary N) is 1. The van der Waals surface area contributed by atoms with Crippen molar-refractivity contribution in [2.24, 2.45) is 0 Å². The molecule has 80 valence electrons. The standard InChI is InChI=1S/C10H9N5O/c11-7-3-1-5-12-9(7)10(16)14-8-4-2-6-13-15-8/h1-6H,11H2,(H,14,15,16). The summed E-state index contributed by atoms with van der Waals surface area (Å²) in [5, 5.41) is 9.90. The molecule has 0 spiro atoms. The highest BCUT2D eigenvalue weighted by molar-refractivity contribution is 6.05. The molecular weight excluding hydrogens is 206 g/mol. The highest BCUT2D eigenvalue weighted by Crippen LogP contribution is 2.09. The molecule has 0 saturated heterocycles. The number of carbonyl (C=O) groups is 1. The Bertz CT molecular complexity index is 500. The van der Waals surface area contributed by atoms with E-state index >= 15 is 0 Å². The summed E-state index contributed by atoms with van der Waals surface area (Å²) in [5.41, 5.74) is 6.11. The lowest BCUT2D eigenvalue weighted by atomic mass is 10.3. The first-order valence-corrected chi connectivity index (χ1v) is 4.57. The molecule has 6 heteroatoms. The normalized spacial score (nSPS) is 9.75. The summed E-state index contributed by atoms with van der Waals surface area (Å²) in [4.78, 5) is 15.6. The molecule has 0 aliphatic carbocycles. The number of nitrogens with two attached hydrogens (primary N) is 1. The number of aromatic nitrogens is 3. The lowest BCUT2D eigenvalue weighted by Crippen LogP contribution is -2.16. The van der Waals surface area contributed by atoms with Crippen LogP contribution in [-0.4, -0.2) is 21.1 Å². The minimum atomic E-state index is -0.404. The Morgan fingerprint density at radius 3 is 2.75 bits per heavy atom. The zero-order valence-electron chi connectivity index (χ0n) is 8.29. The zero-order chi connectivity index (χ0) is 11.4. The number of hydrogen-bond acceptors (Lipinski definition) is 5. The van der Waals surface area contributed by atoms with Gasteiger partial charge in [0.05, 0.1) is 5.69 Å². The molecule has 0 aliphatic heterocycles. The first-order chi connectivity index (χ1) is 7.77. The first kappa shape index (κ1) is 10.0. The molecule has 0 bridgehead atoms. The fraction of sp³-hybridized carbons (Fsp3) is 0. The van der Waals surface area contributed by atoms with E-state index in [0.717, 1.165) is 0 Å². The number of carbonyl (C=O) groups excluding carboxylic acids is 1. The number of amides is 1. The van der Waals surface area contributed by atoms with Crippen LogP contribution in [0.1, 0.15) is 10.5 Å². The van der Waals surface area contributed by atoms with E-state index in [2.05, 4.69) is 20.5 Å². The quantitative estimate of drug-likeness (QED) is 0.769. The molecule has 16 heavy (non-hydrogen) atoms. The predicted molar refractivity (Wildman–Crippen MR) is 58.6 cm³/mol. The molecule has 2 heterocycles. The molecule has 0 saturated carbocycles. The molecular formula is C10H9N5O. The van der Waals surface area contributed by atoms with Crippen molar-refractivity contribution in [2.45, 2.75) is 0 Å². The van der Waals surface area contributed by atoms with Crippen molar-refractivity contribution in [2.75, 3.05) is 11.1 Å². The SMILES string of the molecule is Nc1cccnc1C(=O)Nc1cccnn1. The molecule has 0 radical (unpaired) electrons. The average molecular weight is 215 g/mol. The summed E-state index contributed by atoms with van der Waals surface area (Å²) < 4.78 is 0. The highest BCUT2D eigenvalue weighted by atomic mass is 16.2. The van der Waals surface area contributed by atoms with Crippen LogP contribution in [0.2, 0.25) is 0 Å². The van der Waals surface area contributed by atoms with Crippen molar-refractivity contribution in [3.63, 3.8) is 0 Å². The van der Waals surface area contributed by atoms with Crippen LogP contribution in [0.25, 0.3) is 0 Å². The van der Waals surface area contributed by atoms with Crippen LogP contribution in [0.3, 0.4) is 0 Å². The number of nitrogen functional groups attached to an aromatic ring is 1. The van der Waals surface area contributed by atoms with Gasteiger partial charge in [0.25, 0.3) is 5.91 Å². The number of pyridine rings is 1. The van der Waals surface area contributed by atoms with Gasteiger partial charge in [-0.25, -0.2) is 4.98 Å². The Hall–Kier alpha value is -2.50. The fourth-order valence-corrected chi connectivity index (χ4v) is 1.15. The second kappa shape index (κ2) is 4.35. The molecule has 0 fully saturated rings. The van der Waals surface area contributed by atoms with Gasteiger partial charge in [-0.15, -0.1) is 5.10 Å². The Morgan fingerprint density at radius 2 is 2.06 bits per heavy atom. The summed E-state index contributed by atoms with van der Waals surface area (Å²) in [5.74, 6) is -0.0452. The molecule has 2 rings (SSSR count). The third-order valence-electron chi connectivity index (χ3n) is 1.87. The molecule has 2 aromatic rings. The fourth-order valence-electron chi connectivity index (χ4n) is 1.15. The smallest absolute Gasteiger partial charge is 0.277 e. The van der Waals surface area contributed by atoms with Crippen molar-refractivity contribution in [3.8, 4) is 0 Å². The van der Waals surface area contributed by atoms with E-state index in [1.54, 1.807) is 24.3 Å². The summed E-state index contributed by atoms with van der Waals surface area (Å²) in [7, 11) is 0. The van der Waals surface area contributed by atoms with E-state index in [-0.39, 0.29) is 5.69 Å². The molecule has 0 aromatic carbocycles. The second-order valence-electron chi connectivity index (χ2n) is 3.00. The van der Waals surface area contributed by atoms with Gasteiger partial charge < -0.3 is 11.1 Å². The van der Waals surface area contributed by atoms with Crippen LogP contribution in [0.15, 0.2) is 36.7 Å². The van der Waals surface area contributed by atoms with Gasteiger partial charge in [0.1, 0.15) is 0 Å². The van der Waals surface area contributed by atoms with Crippen molar-refractivity contribution in [1.29, 1.82) is 0 Å². The van der Waals surface area contributed by atoms with E-state index in [0.29, 0.717) is 11.5 Å². The van der Waals surface area contributed by atoms with Gasteiger partial charge >= 0.3 is 0 Å². The molecule has 3 N–H and O–H groups in total. The van der Waals surface area contributed by atoms with Gasteiger partial charge in [-0.3, -0.25) is 4.79 Å². The number of hydrogen-bond donors (Lipinski definition) is 2. The minimum absolute atomic E-state index is 0.174. The monoisotopic (exact) mass is 215 g/mol. The number of nitrogens with zero attached hydrogens (tertiary/aromatic N) is 3. The first-order valence-electron chi connectivity index (χ1n) is 4.57. The van der Waals surface area contributed by atoms with Crippen LogP contribution in [0.4, 0.5) is 11.5 Å². The predicted octanol–water partition coefficient (Wildman–Crippen LogP) is 0.706. The van der Waals surface area contributed by atoms with Crippen LogP contribution in [0.5, 0.6) is 0 Å². The molecule has 6 nitrogen and oxygen atoms in total. The van der Waals surface area contributed by atoms with E-state index in [9.17, 15) is 4.79 Å². The van der Waals surface area contributed by atoms with Crippen LogP contribution < -0.4 is 11.1 Å². The maximum absolute atomic E-state index is 11.7. The van der Waals surface area contributed by atoms with Gasteiger partial charge in [0, 0.05) is 12.4 Å². The minimum Gasteiger partial charge on any atom is -0.397 e. The van der Waals surface area contributed by atoms with Gasteiger partial charge in [-0.1, -0.05) is 0 Å². The average Bonchev–Trinajstić information content (AvgIpc) is 2.31. The van der Waals surface area contributed by atoms with E-state index < -0.39 is 5.91 Å². The number of anilines is 2. The topological polar surface area (TPSA) is 93.8 Å². The molecule has 1 amide bonds. The van der Waals surface area contributed by atoms with Crippen molar-refractivity contribution in [3.05, 3.63) is 42.4 Å². The van der Waals surface area contributed by atoms with E-state index in [1.807, 2.05) is 0 Å². The van der Waals surface area contributed by atoms with E-state index in [1.165, 1.54) is 12.4 Å². The summed E-state index contributed by atoms with van der Waals surface area (Å²) >= 11 is 0. The largest absolute Gasteiger partial charge is 0.397 e. The Morgan fingerprint density at radius 1 is 1.25 bits per heavy atom. The lowest BCUT2D eigenvalue weighted by Gasteiger charge is -2.04. The third kappa shape index (κ3) is 2.11. The van der Waals surface area contributed by atoms with Crippen molar-refractivity contribution >= 4 is 17.4 Å². The van der Waals surface area contributed by atoms with Gasteiger partial charge in [0.2, 0.25) is 0 Å². The van der Waals surface area contributed by atoms with Gasteiger partial charge in [-0.2, -0.15) is 5.10 Å². The molecule has 0 unspecified atom stereocenters. The molecule has 2 aromatic heterocycles. The zero-order valence-corrected chi connectivity index (χ0v) is 8.29. The Kier molecular flexibility index (Phi) is 2.73. The lowest BCUT2D eigenvalue weighted by molar-refractivity contribution is 0.102. The van der Waals surface area contributed by atoms with Gasteiger partial charge in [0.15, 0.2) is 11.5 Å². The number of rotatable bonds is 2. The van der Waals surface area contributed by atoms with Gasteiger partial charge in [-0.05, 0) is 24.3 Å². The van der Waals surface area contributed by atoms with Crippen LogP contribution >= 0.6 is 0 Å². The summed E-state index contributed by atoms with van der Waals surface area (Å²) in [6.07, 6.45) is 3.02. The van der Waals surface area contributed by atoms with Crippen molar-refractivity contribution < 1.29 is 4.79 Å². The summed E-state index contributed by atoms with van der Waals surface area (Å²) in [6.45, 7) is 0. The van der Waals surface area contributed by atoms with Crippen molar-refractivity contribution in [1.82, 2.24) is 15.2 Å². The second-order valence-corrected chi connectivity index (χ2v) is 3.00. The Balaban J connectivity index is 2.19. The highest BCUT2D eigenvalue weighted by Gasteiger charge is 2.11. The van der Waals surface area contributed by atoms with Crippen LogP contribution in [0, 0.1) is 0 Å². The van der Waals surface area contributed by atoms with E-state index in [4.69, 9.17) is 5.73 Å². The third-order valence-corrected chi connectivity index (χ3v) is 1.87. The molecule has 0 atom stereocenters. The molecule has 0 aliphatic rings. The van der Waals surface area contributed by atoms with Crippen LogP contribution in [-0.2, 0) is 0 Å². The maximum Gasteiger partial charge on any atom is 0.277 e. The summed E-state index contributed by atoms with van der Waals surface area (Å²) in [6, 6.07) is 6.57.